The monoisotopic (exact) mass is 442 g/mol. The number of carbonyl (C=O) groups excluding carboxylic acids is 1. The number of fused-ring (bicyclic) bond motifs is 1. The second kappa shape index (κ2) is 8.90. The third-order valence-electron chi connectivity index (χ3n) is 5.30. The van der Waals surface area contributed by atoms with Gasteiger partial charge in [0.15, 0.2) is 10.9 Å². The lowest BCUT2D eigenvalue weighted by molar-refractivity contribution is -0.117. The molecule has 160 valence electrons. The molecule has 0 saturated carbocycles. The largest absolute Gasteiger partial charge is 0.438 e. The molecule has 0 amide bonds. The Morgan fingerprint density at radius 2 is 1.97 bits per heavy atom. The van der Waals surface area contributed by atoms with Gasteiger partial charge in [0.1, 0.15) is 5.75 Å². The fraction of sp³-hybridized carbons (Fsp3) is 0.160. The smallest absolute Gasteiger partial charge is 0.226 e. The van der Waals surface area contributed by atoms with Crippen molar-refractivity contribution >= 4 is 43.7 Å². The molecule has 0 saturated heterocycles. The van der Waals surface area contributed by atoms with Crippen LogP contribution in [0.5, 0.6) is 11.6 Å². The van der Waals surface area contributed by atoms with Gasteiger partial charge in [-0.15, -0.1) is 0 Å². The lowest BCUT2D eigenvalue weighted by Gasteiger charge is -2.22. The lowest BCUT2D eigenvalue weighted by atomic mass is 9.96. The van der Waals surface area contributed by atoms with Gasteiger partial charge in [-0.25, -0.2) is 9.97 Å². The third-order valence-corrected chi connectivity index (χ3v) is 6.25. The highest BCUT2D eigenvalue weighted by atomic mass is 32.1. The fourth-order valence-electron chi connectivity index (χ4n) is 3.67. The van der Waals surface area contributed by atoms with Gasteiger partial charge in [0.2, 0.25) is 5.88 Å². The van der Waals surface area contributed by atoms with E-state index in [1.54, 1.807) is 24.5 Å². The Morgan fingerprint density at radius 3 is 2.78 bits per heavy atom. The number of aromatic nitrogens is 2. The van der Waals surface area contributed by atoms with E-state index in [0.29, 0.717) is 11.6 Å². The first kappa shape index (κ1) is 20.4. The highest BCUT2D eigenvalue weighted by molar-refractivity contribution is 7.22. The molecule has 1 aliphatic rings. The summed E-state index contributed by atoms with van der Waals surface area (Å²) in [4.78, 5) is 20.9. The normalized spacial score (nSPS) is 15.9. The third kappa shape index (κ3) is 4.39. The molecule has 2 aromatic heterocycles. The van der Waals surface area contributed by atoms with Gasteiger partial charge >= 0.3 is 0 Å². The second-order valence-corrected chi connectivity index (χ2v) is 8.61. The van der Waals surface area contributed by atoms with Crippen molar-refractivity contribution < 1.29 is 9.53 Å². The Bertz CT molecular complexity index is 1260. The Hall–Kier alpha value is -3.55. The van der Waals surface area contributed by atoms with Gasteiger partial charge in [-0.1, -0.05) is 29.5 Å². The van der Waals surface area contributed by atoms with E-state index in [-0.39, 0.29) is 11.8 Å². The summed E-state index contributed by atoms with van der Waals surface area (Å²) in [6, 6.07) is 19.4. The number of pyridine rings is 1. The number of nitrogens with zero attached hydrogens (tertiary/aromatic N) is 2. The average molecular weight is 443 g/mol. The summed E-state index contributed by atoms with van der Waals surface area (Å²) in [7, 11) is 0. The van der Waals surface area contributed by atoms with Crippen LogP contribution in [-0.4, -0.2) is 28.3 Å². The molecule has 4 aromatic rings. The standard InChI is InChI=1S/C25H22N4O2S/c1-16(30)22-15-17(12-14-26-22)20-5-4-13-27-24(20)31-19-10-8-18(9-11-19)28-25-29-21-6-2-3-7-23(21)32-25/h2-11,13,15,22,26H,12,14H2,1H3,(H,28,29). The number of para-hydroxylation sites is 1. The molecule has 32 heavy (non-hydrogen) atoms. The van der Waals surface area contributed by atoms with E-state index in [0.717, 1.165) is 45.1 Å². The number of hydrogen-bond donors (Lipinski definition) is 2. The van der Waals surface area contributed by atoms with Crippen LogP contribution in [0.4, 0.5) is 10.8 Å². The van der Waals surface area contributed by atoms with E-state index >= 15 is 0 Å². The maximum atomic E-state index is 11.8. The second-order valence-electron chi connectivity index (χ2n) is 7.58. The predicted octanol–water partition coefficient (Wildman–Crippen LogP) is 5.56. The summed E-state index contributed by atoms with van der Waals surface area (Å²) < 4.78 is 7.26. The molecule has 1 unspecified atom stereocenters. The number of ether oxygens (including phenoxy) is 1. The molecule has 6 nitrogen and oxygen atoms in total. The molecule has 0 radical (unpaired) electrons. The Labute approximate surface area is 190 Å². The number of benzene rings is 2. The Kier molecular flexibility index (Phi) is 5.66. The molecule has 2 aromatic carbocycles. The highest BCUT2D eigenvalue weighted by Crippen LogP contribution is 2.33. The summed E-state index contributed by atoms with van der Waals surface area (Å²) in [6.45, 7) is 2.35. The molecule has 0 spiro atoms. The van der Waals surface area contributed by atoms with Crippen LogP contribution in [0.3, 0.4) is 0 Å². The maximum Gasteiger partial charge on any atom is 0.226 e. The minimum Gasteiger partial charge on any atom is -0.438 e. The van der Waals surface area contributed by atoms with Crippen LogP contribution >= 0.6 is 11.3 Å². The Balaban J connectivity index is 1.33. The quantitative estimate of drug-likeness (QED) is 0.407. The van der Waals surface area contributed by atoms with Gasteiger partial charge in [0, 0.05) is 24.0 Å². The average Bonchev–Trinajstić information content (AvgIpc) is 3.23. The molecule has 3 heterocycles. The zero-order valence-corrected chi connectivity index (χ0v) is 18.4. The van der Waals surface area contributed by atoms with Crippen LogP contribution in [0.1, 0.15) is 18.9 Å². The molecule has 0 fully saturated rings. The van der Waals surface area contributed by atoms with Crippen molar-refractivity contribution in [3.8, 4) is 11.6 Å². The summed E-state index contributed by atoms with van der Waals surface area (Å²) in [5.41, 5.74) is 3.91. The summed E-state index contributed by atoms with van der Waals surface area (Å²) in [5.74, 6) is 1.33. The molecule has 1 aliphatic heterocycles. The van der Waals surface area contributed by atoms with Crippen molar-refractivity contribution in [3.63, 3.8) is 0 Å². The molecule has 5 rings (SSSR count). The number of hydrogen-bond acceptors (Lipinski definition) is 7. The van der Waals surface area contributed by atoms with Crippen LogP contribution in [0.25, 0.3) is 15.8 Å². The number of ketones is 1. The first-order valence-corrected chi connectivity index (χ1v) is 11.3. The lowest BCUT2D eigenvalue weighted by Crippen LogP contribution is -2.37. The molecule has 2 N–H and O–H groups in total. The zero-order valence-electron chi connectivity index (χ0n) is 17.5. The first-order valence-electron chi connectivity index (χ1n) is 10.5. The van der Waals surface area contributed by atoms with Crippen molar-refractivity contribution in [2.24, 2.45) is 0 Å². The van der Waals surface area contributed by atoms with Gasteiger partial charge in [0.05, 0.1) is 16.3 Å². The summed E-state index contributed by atoms with van der Waals surface area (Å²) >= 11 is 1.62. The molecule has 7 heteroatoms. The van der Waals surface area contributed by atoms with Crippen molar-refractivity contribution in [2.75, 3.05) is 11.9 Å². The maximum absolute atomic E-state index is 11.8. The minimum absolute atomic E-state index is 0.102. The number of thiazole rings is 1. The van der Waals surface area contributed by atoms with E-state index in [4.69, 9.17) is 4.74 Å². The number of nitrogens with one attached hydrogen (secondary N) is 2. The van der Waals surface area contributed by atoms with E-state index in [1.807, 2.05) is 60.7 Å². The van der Waals surface area contributed by atoms with E-state index in [9.17, 15) is 4.79 Å². The van der Waals surface area contributed by atoms with Crippen LogP contribution < -0.4 is 15.4 Å². The van der Waals surface area contributed by atoms with Gasteiger partial charge < -0.3 is 15.4 Å². The van der Waals surface area contributed by atoms with Crippen LogP contribution in [-0.2, 0) is 4.79 Å². The highest BCUT2D eigenvalue weighted by Gasteiger charge is 2.20. The van der Waals surface area contributed by atoms with Crippen LogP contribution in [0.2, 0.25) is 0 Å². The van der Waals surface area contributed by atoms with Crippen molar-refractivity contribution in [1.29, 1.82) is 0 Å². The fourth-order valence-corrected chi connectivity index (χ4v) is 4.56. The summed E-state index contributed by atoms with van der Waals surface area (Å²) in [6.07, 6.45) is 4.50. The molecular formula is C25H22N4O2S. The van der Waals surface area contributed by atoms with Crippen LogP contribution in [0, 0.1) is 0 Å². The first-order chi connectivity index (χ1) is 15.7. The number of anilines is 2. The molecule has 0 bridgehead atoms. The van der Waals surface area contributed by atoms with Gasteiger partial charge in [-0.2, -0.15) is 0 Å². The molecule has 0 aliphatic carbocycles. The number of carbonyl (C=O) groups is 1. The van der Waals surface area contributed by atoms with Gasteiger partial charge in [-0.05, 0) is 67.4 Å². The zero-order chi connectivity index (χ0) is 21.9. The van der Waals surface area contributed by atoms with Crippen molar-refractivity contribution in [1.82, 2.24) is 15.3 Å². The topological polar surface area (TPSA) is 76.1 Å². The molecule has 1 atom stereocenters. The van der Waals surface area contributed by atoms with Crippen LogP contribution in [0.15, 0.2) is 72.9 Å². The van der Waals surface area contributed by atoms with E-state index in [2.05, 4.69) is 26.7 Å². The minimum atomic E-state index is -0.264. The van der Waals surface area contributed by atoms with Gasteiger partial charge in [-0.3, -0.25) is 4.79 Å². The SMILES string of the molecule is CC(=O)C1C=C(c2cccnc2Oc2ccc(Nc3nc4ccccc4s3)cc2)CCN1. The Morgan fingerprint density at radius 1 is 1.12 bits per heavy atom. The van der Waals surface area contributed by atoms with Crippen molar-refractivity contribution in [3.05, 3.63) is 78.5 Å². The number of rotatable bonds is 6. The summed E-state index contributed by atoms with van der Waals surface area (Å²) in [5, 5.41) is 7.43. The van der Waals surface area contributed by atoms with Crippen molar-refractivity contribution in [2.45, 2.75) is 19.4 Å². The van der Waals surface area contributed by atoms with Gasteiger partial charge in [0.25, 0.3) is 0 Å². The van der Waals surface area contributed by atoms with E-state index < -0.39 is 0 Å². The number of Topliss-reactive ketones (excluding diaryl/α,β-unsaturated/α-hetero) is 1. The molecular weight excluding hydrogens is 420 g/mol. The predicted molar refractivity (Wildman–Crippen MR) is 129 cm³/mol. The van der Waals surface area contributed by atoms with E-state index in [1.165, 1.54) is 0 Å².